The van der Waals surface area contributed by atoms with E-state index in [-0.39, 0.29) is 10.6 Å². The highest BCUT2D eigenvalue weighted by atomic mass is 32.2. The van der Waals surface area contributed by atoms with Gasteiger partial charge in [0.25, 0.3) is 0 Å². The number of halogens is 3. The first-order valence-electron chi connectivity index (χ1n) is 6.73. The van der Waals surface area contributed by atoms with Crippen molar-refractivity contribution in [3.8, 4) is 0 Å². The Balaban J connectivity index is 2.66. The summed E-state index contributed by atoms with van der Waals surface area (Å²) in [6, 6.07) is 3.87. The van der Waals surface area contributed by atoms with Gasteiger partial charge < -0.3 is 5.32 Å². The van der Waals surface area contributed by atoms with Gasteiger partial charge in [-0.2, -0.15) is 13.2 Å². The van der Waals surface area contributed by atoms with Gasteiger partial charge in [0.05, 0.1) is 16.2 Å². The fourth-order valence-electron chi connectivity index (χ4n) is 1.76. The summed E-state index contributed by atoms with van der Waals surface area (Å²) in [6.45, 7) is 5.37. The van der Waals surface area contributed by atoms with Crippen molar-refractivity contribution in [1.29, 1.82) is 0 Å². The molecule has 0 aliphatic carbocycles. The summed E-state index contributed by atoms with van der Waals surface area (Å²) in [6.07, 6.45) is -4.17. The van der Waals surface area contributed by atoms with Crippen LogP contribution in [0.2, 0.25) is 0 Å². The number of hydrogen-bond acceptors (Lipinski definition) is 3. The van der Waals surface area contributed by atoms with E-state index < -0.39 is 21.6 Å². The molecule has 0 aromatic heterocycles. The predicted octanol–water partition coefficient (Wildman–Crippen LogP) is 3.11. The van der Waals surface area contributed by atoms with Gasteiger partial charge in [-0.05, 0) is 43.6 Å². The Hall–Kier alpha value is -1.08. The van der Waals surface area contributed by atoms with Crippen LogP contribution in [0.25, 0.3) is 0 Å². The molecule has 0 aliphatic rings. The van der Waals surface area contributed by atoms with Crippen molar-refractivity contribution in [2.45, 2.75) is 31.3 Å². The highest BCUT2D eigenvalue weighted by molar-refractivity contribution is 7.91. The van der Waals surface area contributed by atoms with Crippen molar-refractivity contribution in [2.75, 3.05) is 18.8 Å². The molecule has 0 unspecified atom stereocenters. The SMILES string of the molecule is CC(C)CNCCCS(=O)(=O)c1cccc(C(F)(F)F)c1. The minimum Gasteiger partial charge on any atom is -0.316 e. The van der Waals surface area contributed by atoms with Crippen molar-refractivity contribution < 1.29 is 21.6 Å². The third-order valence-electron chi connectivity index (χ3n) is 2.84. The smallest absolute Gasteiger partial charge is 0.316 e. The Morgan fingerprint density at radius 2 is 1.90 bits per heavy atom. The van der Waals surface area contributed by atoms with Crippen LogP contribution in [0.1, 0.15) is 25.8 Å². The average molecular weight is 323 g/mol. The second-order valence-corrected chi connectivity index (χ2v) is 7.41. The van der Waals surface area contributed by atoms with Gasteiger partial charge >= 0.3 is 6.18 Å². The maximum Gasteiger partial charge on any atom is 0.416 e. The standard InChI is InChI=1S/C14H20F3NO2S/c1-11(2)10-18-7-4-8-21(19,20)13-6-3-5-12(9-13)14(15,16)17/h3,5-6,9,11,18H,4,7-8,10H2,1-2H3. The predicted molar refractivity (Wildman–Crippen MR) is 75.8 cm³/mol. The fraction of sp³-hybridized carbons (Fsp3) is 0.571. The Kier molecular flexibility index (Phi) is 6.22. The second kappa shape index (κ2) is 7.26. The highest BCUT2D eigenvalue weighted by Gasteiger charge is 2.31. The van der Waals surface area contributed by atoms with Crippen LogP contribution in [0.4, 0.5) is 13.2 Å². The lowest BCUT2D eigenvalue weighted by Crippen LogP contribution is -2.22. The number of alkyl halides is 3. The number of nitrogens with one attached hydrogen (secondary N) is 1. The number of hydrogen-bond donors (Lipinski definition) is 1. The summed E-state index contributed by atoms with van der Waals surface area (Å²) >= 11 is 0. The molecule has 0 radical (unpaired) electrons. The van der Waals surface area contributed by atoms with Gasteiger partial charge in [0.1, 0.15) is 0 Å². The first-order valence-corrected chi connectivity index (χ1v) is 8.39. The first-order chi connectivity index (χ1) is 9.63. The molecule has 0 fully saturated rings. The summed E-state index contributed by atoms with van der Waals surface area (Å²) in [5, 5.41) is 3.10. The molecule has 7 heteroatoms. The van der Waals surface area contributed by atoms with E-state index in [1.54, 1.807) is 0 Å². The zero-order valence-electron chi connectivity index (χ0n) is 12.1. The molecule has 1 N–H and O–H groups in total. The molecule has 0 atom stereocenters. The zero-order chi connectivity index (χ0) is 16.1. The molecular weight excluding hydrogens is 303 g/mol. The van der Waals surface area contributed by atoms with Crippen molar-refractivity contribution >= 4 is 9.84 Å². The van der Waals surface area contributed by atoms with Crippen molar-refractivity contribution in [1.82, 2.24) is 5.32 Å². The van der Waals surface area contributed by atoms with Gasteiger partial charge in [-0.25, -0.2) is 8.42 Å². The fourth-order valence-corrected chi connectivity index (χ4v) is 3.11. The molecular formula is C14H20F3NO2S. The molecule has 0 saturated heterocycles. The summed E-state index contributed by atoms with van der Waals surface area (Å²) in [7, 11) is -3.68. The molecule has 0 heterocycles. The Morgan fingerprint density at radius 3 is 2.48 bits per heavy atom. The lowest BCUT2D eigenvalue weighted by Gasteiger charge is -2.10. The molecule has 0 spiro atoms. The molecule has 0 aliphatic heterocycles. The molecule has 1 aromatic rings. The van der Waals surface area contributed by atoms with E-state index in [1.165, 1.54) is 6.07 Å². The molecule has 0 saturated carbocycles. The third kappa shape index (κ3) is 6.05. The van der Waals surface area contributed by atoms with Crippen LogP contribution in [-0.2, 0) is 16.0 Å². The third-order valence-corrected chi connectivity index (χ3v) is 4.64. The summed E-state index contributed by atoms with van der Waals surface area (Å²) in [5.74, 6) is 0.296. The summed E-state index contributed by atoms with van der Waals surface area (Å²) in [5.41, 5.74) is -0.943. The Morgan fingerprint density at radius 1 is 1.24 bits per heavy atom. The quantitative estimate of drug-likeness (QED) is 0.784. The molecule has 0 amide bonds. The molecule has 1 aromatic carbocycles. The largest absolute Gasteiger partial charge is 0.416 e. The van der Waals surface area contributed by atoms with Gasteiger partial charge in [-0.15, -0.1) is 0 Å². The zero-order valence-corrected chi connectivity index (χ0v) is 12.9. The molecule has 120 valence electrons. The summed E-state index contributed by atoms with van der Waals surface area (Å²) in [4.78, 5) is -0.277. The average Bonchev–Trinajstić information content (AvgIpc) is 2.37. The lowest BCUT2D eigenvalue weighted by atomic mass is 10.2. The van der Waals surface area contributed by atoms with Crippen molar-refractivity contribution in [2.24, 2.45) is 5.92 Å². The topological polar surface area (TPSA) is 46.2 Å². The highest BCUT2D eigenvalue weighted by Crippen LogP contribution is 2.30. The van der Waals surface area contributed by atoms with Crippen LogP contribution in [0, 0.1) is 5.92 Å². The monoisotopic (exact) mass is 323 g/mol. The van der Waals surface area contributed by atoms with E-state index >= 15 is 0 Å². The van der Waals surface area contributed by atoms with Crippen LogP contribution in [0.5, 0.6) is 0 Å². The van der Waals surface area contributed by atoms with Gasteiger partial charge in [0.2, 0.25) is 0 Å². The van der Waals surface area contributed by atoms with Crippen molar-refractivity contribution in [3.05, 3.63) is 29.8 Å². The van der Waals surface area contributed by atoms with Gasteiger partial charge in [0.15, 0.2) is 9.84 Å². The van der Waals surface area contributed by atoms with E-state index in [0.29, 0.717) is 24.9 Å². The first kappa shape index (κ1) is 18.0. The van der Waals surface area contributed by atoms with Crippen LogP contribution >= 0.6 is 0 Å². The Bertz CT molecular complexity index is 554. The van der Waals surface area contributed by atoms with E-state index in [2.05, 4.69) is 5.32 Å². The van der Waals surface area contributed by atoms with Crippen LogP contribution < -0.4 is 5.32 Å². The molecule has 3 nitrogen and oxygen atoms in total. The van der Waals surface area contributed by atoms with Crippen LogP contribution in [-0.4, -0.2) is 27.3 Å². The number of rotatable bonds is 7. The van der Waals surface area contributed by atoms with Crippen LogP contribution in [0.15, 0.2) is 29.2 Å². The van der Waals surface area contributed by atoms with Gasteiger partial charge in [-0.3, -0.25) is 0 Å². The minimum absolute atomic E-state index is 0.167. The maximum atomic E-state index is 12.6. The molecule has 0 bridgehead atoms. The number of benzene rings is 1. The second-order valence-electron chi connectivity index (χ2n) is 5.30. The molecule has 1 rings (SSSR count). The van der Waals surface area contributed by atoms with Crippen LogP contribution in [0.3, 0.4) is 0 Å². The Labute approximate surface area is 123 Å². The number of sulfone groups is 1. The van der Waals surface area contributed by atoms with Crippen molar-refractivity contribution in [3.63, 3.8) is 0 Å². The van der Waals surface area contributed by atoms with Gasteiger partial charge in [-0.1, -0.05) is 19.9 Å². The summed E-state index contributed by atoms with van der Waals surface area (Å²) < 4.78 is 61.8. The molecule has 21 heavy (non-hydrogen) atoms. The van der Waals surface area contributed by atoms with E-state index in [1.807, 2.05) is 13.8 Å². The van der Waals surface area contributed by atoms with Gasteiger partial charge in [0, 0.05) is 0 Å². The normalized spacial score (nSPS) is 12.9. The van der Waals surface area contributed by atoms with E-state index in [4.69, 9.17) is 0 Å². The maximum absolute atomic E-state index is 12.6. The minimum atomic E-state index is -4.54. The van der Waals surface area contributed by atoms with E-state index in [9.17, 15) is 21.6 Å². The lowest BCUT2D eigenvalue weighted by molar-refractivity contribution is -0.137. The van der Waals surface area contributed by atoms with E-state index in [0.717, 1.165) is 18.7 Å².